The second-order valence-corrected chi connectivity index (χ2v) is 6.71. The van der Waals surface area contributed by atoms with Crippen LogP contribution in [0.5, 0.6) is 0 Å². The number of fused-ring (bicyclic) bond motifs is 6. The molecular weight excluding hydrogens is 184 g/mol. The quantitative estimate of drug-likeness (QED) is 0.646. The number of aliphatic hydroxyl groups excluding tert-OH is 1. The lowest BCUT2D eigenvalue weighted by Crippen LogP contribution is -2.38. The van der Waals surface area contributed by atoms with Crippen molar-refractivity contribution >= 4 is 0 Å². The van der Waals surface area contributed by atoms with Crippen molar-refractivity contribution in [2.75, 3.05) is 0 Å². The van der Waals surface area contributed by atoms with Gasteiger partial charge < -0.3 is 5.11 Å². The SMILES string of the molecule is OC1CC2CC1C1CC3CCCC3CC21. The molecule has 0 aliphatic heterocycles. The molecule has 4 saturated carbocycles. The fourth-order valence-electron chi connectivity index (χ4n) is 5.71. The highest BCUT2D eigenvalue weighted by atomic mass is 16.3. The lowest BCUT2D eigenvalue weighted by molar-refractivity contribution is 0.00773. The fraction of sp³-hybridized carbons (Fsp3) is 1.00. The van der Waals surface area contributed by atoms with Crippen LogP contribution in [0.15, 0.2) is 0 Å². The van der Waals surface area contributed by atoms with Crippen molar-refractivity contribution in [3.63, 3.8) is 0 Å². The van der Waals surface area contributed by atoms with Gasteiger partial charge in [-0.25, -0.2) is 0 Å². The maximum atomic E-state index is 10.00. The third kappa shape index (κ3) is 1.13. The summed E-state index contributed by atoms with van der Waals surface area (Å²) in [6.07, 6.45) is 10.1. The van der Waals surface area contributed by atoms with Gasteiger partial charge >= 0.3 is 0 Å². The largest absolute Gasteiger partial charge is 0.393 e. The normalized spacial score (nSPS) is 61.8. The average molecular weight is 206 g/mol. The van der Waals surface area contributed by atoms with Crippen molar-refractivity contribution in [1.29, 1.82) is 0 Å². The van der Waals surface area contributed by atoms with Gasteiger partial charge in [0.2, 0.25) is 0 Å². The molecule has 0 amide bonds. The van der Waals surface area contributed by atoms with Crippen molar-refractivity contribution in [3.05, 3.63) is 0 Å². The summed E-state index contributed by atoms with van der Waals surface area (Å²) in [5.41, 5.74) is 0. The summed E-state index contributed by atoms with van der Waals surface area (Å²) in [7, 11) is 0. The standard InChI is InChI=1S/C14H22O/c15-14-7-10-6-13(14)12-5-9-3-1-2-8(9)4-11(10)12/h8-15H,1-7H2. The van der Waals surface area contributed by atoms with Crippen molar-refractivity contribution < 1.29 is 5.11 Å². The maximum absolute atomic E-state index is 10.00. The Kier molecular flexibility index (Phi) is 1.81. The maximum Gasteiger partial charge on any atom is 0.0574 e. The minimum absolute atomic E-state index is 0.0780. The van der Waals surface area contributed by atoms with E-state index in [1.54, 1.807) is 0 Å². The van der Waals surface area contributed by atoms with Crippen molar-refractivity contribution in [2.24, 2.45) is 35.5 Å². The minimum Gasteiger partial charge on any atom is -0.393 e. The van der Waals surface area contributed by atoms with Crippen LogP contribution < -0.4 is 0 Å². The Balaban J connectivity index is 1.60. The molecule has 0 saturated heterocycles. The summed E-state index contributed by atoms with van der Waals surface area (Å²) < 4.78 is 0. The summed E-state index contributed by atoms with van der Waals surface area (Å²) in [6, 6.07) is 0. The Morgan fingerprint density at radius 3 is 2.13 bits per heavy atom. The van der Waals surface area contributed by atoms with Crippen LogP contribution in [0.3, 0.4) is 0 Å². The lowest BCUT2D eigenvalue weighted by Gasteiger charge is -2.42. The molecular formula is C14H22O. The molecule has 7 unspecified atom stereocenters. The second-order valence-electron chi connectivity index (χ2n) is 6.71. The molecule has 1 N–H and O–H groups in total. The lowest BCUT2D eigenvalue weighted by atomic mass is 9.64. The Bertz CT molecular complexity index is 275. The summed E-state index contributed by atoms with van der Waals surface area (Å²) in [4.78, 5) is 0. The van der Waals surface area contributed by atoms with E-state index in [1.165, 1.54) is 38.5 Å². The first-order valence-electron chi connectivity index (χ1n) is 7.01. The highest BCUT2D eigenvalue weighted by molar-refractivity contribution is 5.05. The van der Waals surface area contributed by atoms with Crippen LogP contribution in [-0.2, 0) is 0 Å². The van der Waals surface area contributed by atoms with E-state index in [0.29, 0.717) is 5.92 Å². The van der Waals surface area contributed by atoms with Crippen LogP contribution in [0.2, 0.25) is 0 Å². The molecule has 0 heterocycles. The van der Waals surface area contributed by atoms with Gasteiger partial charge in [0.25, 0.3) is 0 Å². The van der Waals surface area contributed by atoms with Gasteiger partial charge in [-0.2, -0.15) is 0 Å². The van der Waals surface area contributed by atoms with Crippen molar-refractivity contribution in [3.8, 4) is 0 Å². The molecule has 4 fully saturated rings. The van der Waals surface area contributed by atoms with E-state index < -0.39 is 0 Å². The third-order valence-electron chi connectivity index (χ3n) is 6.29. The van der Waals surface area contributed by atoms with E-state index in [9.17, 15) is 5.11 Å². The molecule has 4 rings (SSSR count). The van der Waals surface area contributed by atoms with Crippen LogP contribution >= 0.6 is 0 Å². The Morgan fingerprint density at radius 1 is 0.667 bits per heavy atom. The summed E-state index contributed by atoms with van der Waals surface area (Å²) >= 11 is 0. The van der Waals surface area contributed by atoms with E-state index in [2.05, 4.69) is 0 Å². The molecule has 15 heavy (non-hydrogen) atoms. The van der Waals surface area contributed by atoms with Crippen LogP contribution in [0, 0.1) is 35.5 Å². The van der Waals surface area contributed by atoms with E-state index in [0.717, 1.165) is 36.0 Å². The number of rotatable bonds is 0. The van der Waals surface area contributed by atoms with Crippen LogP contribution in [0.4, 0.5) is 0 Å². The Labute approximate surface area is 92.3 Å². The van der Waals surface area contributed by atoms with Gasteiger partial charge in [0, 0.05) is 0 Å². The Hall–Kier alpha value is -0.0400. The minimum atomic E-state index is 0.0780. The molecule has 0 aromatic heterocycles. The van der Waals surface area contributed by atoms with Crippen molar-refractivity contribution in [2.45, 2.75) is 51.0 Å². The monoisotopic (exact) mass is 206 g/mol. The highest BCUT2D eigenvalue weighted by Crippen LogP contribution is 2.61. The molecule has 0 radical (unpaired) electrons. The molecule has 84 valence electrons. The number of hydrogen-bond donors (Lipinski definition) is 1. The molecule has 4 aliphatic carbocycles. The number of aliphatic hydroxyl groups is 1. The molecule has 1 heteroatoms. The molecule has 2 bridgehead atoms. The third-order valence-corrected chi connectivity index (χ3v) is 6.29. The molecule has 0 spiro atoms. The van der Waals surface area contributed by atoms with Crippen LogP contribution in [0.1, 0.15) is 44.9 Å². The first-order valence-corrected chi connectivity index (χ1v) is 7.01. The summed E-state index contributed by atoms with van der Waals surface area (Å²) in [6.45, 7) is 0. The number of hydrogen-bond acceptors (Lipinski definition) is 1. The van der Waals surface area contributed by atoms with Gasteiger partial charge in [0.15, 0.2) is 0 Å². The van der Waals surface area contributed by atoms with E-state index >= 15 is 0 Å². The fourth-order valence-corrected chi connectivity index (χ4v) is 5.71. The van der Waals surface area contributed by atoms with Crippen molar-refractivity contribution in [1.82, 2.24) is 0 Å². The van der Waals surface area contributed by atoms with Gasteiger partial charge in [0.1, 0.15) is 0 Å². The van der Waals surface area contributed by atoms with E-state index in [4.69, 9.17) is 0 Å². The predicted octanol–water partition coefficient (Wildman–Crippen LogP) is 2.83. The summed E-state index contributed by atoms with van der Waals surface area (Å²) in [5, 5.41) is 10.00. The average Bonchev–Trinajstić information content (AvgIpc) is 2.87. The zero-order valence-corrected chi connectivity index (χ0v) is 9.44. The molecule has 1 nitrogen and oxygen atoms in total. The molecule has 7 atom stereocenters. The Morgan fingerprint density at radius 2 is 1.33 bits per heavy atom. The zero-order valence-electron chi connectivity index (χ0n) is 9.44. The topological polar surface area (TPSA) is 20.2 Å². The highest BCUT2D eigenvalue weighted by Gasteiger charge is 2.55. The molecule has 0 aromatic rings. The predicted molar refractivity (Wildman–Crippen MR) is 59.3 cm³/mol. The van der Waals surface area contributed by atoms with Gasteiger partial charge in [-0.1, -0.05) is 19.3 Å². The van der Waals surface area contributed by atoms with Gasteiger partial charge in [-0.05, 0) is 61.2 Å². The van der Waals surface area contributed by atoms with Crippen LogP contribution in [0.25, 0.3) is 0 Å². The summed E-state index contributed by atoms with van der Waals surface area (Å²) in [5.74, 6) is 5.72. The van der Waals surface area contributed by atoms with Gasteiger partial charge in [-0.15, -0.1) is 0 Å². The van der Waals surface area contributed by atoms with E-state index in [1.807, 2.05) is 0 Å². The van der Waals surface area contributed by atoms with Crippen LogP contribution in [-0.4, -0.2) is 11.2 Å². The zero-order chi connectivity index (χ0) is 9.99. The first kappa shape index (κ1) is 9.04. The smallest absolute Gasteiger partial charge is 0.0574 e. The second kappa shape index (κ2) is 3.00. The van der Waals surface area contributed by atoms with Gasteiger partial charge in [-0.3, -0.25) is 0 Å². The van der Waals surface area contributed by atoms with Gasteiger partial charge in [0.05, 0.1) is 6.10 Å². The molecule has 0 aromatic carbocycles. The van der Waals surface area contributed by atoms with E-state index in [-0.39, 0.29) is 6.10 Å². The molecule has 4 aliphatic rings. The first-order chi connectivity index (χ1) is 7.33.